The first kappa shape index (κ1) is 24.5. The lowest BCUT2D eigenvalue weighted by molar-refractivity contribution is -0.122. The molecule has 1 saturated heterocycles. The van der Waals surface area contributed by atoms with Crippen LogP contribution in [0.5, 0.6) is 0 Å². The average molecular weight is 505 g/mol. The van der Waals surface area contributed by atoms with Gasteiger partial charge in [0.1, 0.15) is 27.5 Å². The number of aryl methyl sites for hydroxylation is 1. The third kappa shape index (κ3) is 5.24. The molecule has 0 atom stereocenters. The molecule has 0 unspecified atom stereocenters. The van der Waals surface area contributed by atoms with E-state index >= 15 is 0 Å². The highest BCUT2D eigenvalue weighted by Gasteiger charge is 2.32. The van der Waals surface area contributed by atoms with Crippen LogP contribution in [0.1, 0.15) is 34.4 Å². The lowest BCUT2D eigenvalue weighted by Crippen LogP contribution is -2.29. The van der Waals surface area contributed by atoms with Gasteiger partial charge in [-0.1, -0.05) is 54.3 Å². The molecule has 9 heteroatoms. The summed E-state index contributed by atoms with van der Waals surface area (Å²) in [5, 5.41) is 12.8. The van der Waals surface area contributed by atoms with Gasteiger partial charge in [-0.25, -0.2) is 0 Å². The monoisotopic (exact) mass is 504 g/mol. The van der Waals surface area contributed by atoms with E-state index in [9.17, 15) is 14.9 Å². The largest absolute Gasteiger partial charge is 0.467 e. The molecule has 4 rings (SSSR count). The minimum atomic E-state index is -0.405. The quantitative estimate of drug-likeness (QED) is 0.354. The minimum absolute atomic E-state index is 0.0423. The molecule has 0 radical (unpaired) electrons. The first-order valence-corrected chi connectivity index (χ1v) is 12.3. The van der Waals surface area contributed by atoms with Crippen LogP contribution >= 0.6 is 24.0 Å². The molecule has 1 N–H and O–H groups in total. The van der Waals surface area contributed by atoms with Crippen LogP contribution in [-0.2, 0) is 24.8 Å². The number of thiocarbonyl (C=S) groups is 1. The van der Waals surface area contributed by atoms with E-state index in [2.05, 4.69) is 17.4 Å². The zero-order chi connectivity index (χ0) is 24.9. The number of hydrogen-bond acceptors (Lipinski definition) is 7. The van der Waals surface area contributed by atoms with Gasteiger partial charge < -0.3 is 9.73 Å². The van der Waals surface area contributed by atoms with Crippen LogP contribution < -0.4 is 10.9 Å². The maximum Gasteiger partial charge on any atom is 0.270 e. The zero-order valence-electron chi connectivity index (χ0n) is 19.4. The van der Waals surface area contributed by atoms with E-state index < -0.39 is 5.56 Å². The fraction of sp³-hybridized carbons (Fsp3) is 0.231. The van der Waals surface area contributed by atoms with E-state index in [0.29, 0.717) is 45.0 Å². The molecule has 1 aliphatic rings. The Morgan fingerprint density at radius 3 is 2.66 bits per heavy atom. The zero-order valence-corrected chi connectivity index (χ0v) is 21.0. The lowest BCUT2D eigenvalue weighted by Gasteiger charge is -2.17. The third-order valence-corrected chi connectivity index (χ3v) is 7.23. The molecule has 2 aromatic heterocycles. The van der Waals surface area contributed by atoms with Gasteiger partial charge in [-0.3, -0.25) is 19.1 Å². The molecule has 0 aliphatic carbocycles. The minimum Gasteiger partial charge on any atom is -0.467 e. The Kier molecular flexibility index (Phi) is 7.54. The maximum absolute atomic E-state index is 13.2. The number of thioether (sulfide) groups is 1. The van der Waals surface area contributed by atoms with E-state index in [1.54, 1.807) is 37.3 Å². The number of carbonyl (C=O) groups excluding carboxylic acids is 1. The first-order valence-electron chi connectivity index (χ1n) is 11.1. The fourth-order valence-electron chi connectivity index (χ4n) is 3.94. The van der Waals surface area contributed by atoms with E-state index in [1.807, 2.05) is 30.3 Å². The summed E-state index contributed by atoms with van der Waals surface area (Å²) in [5.74, 6) is 1.02. The van der Waals surface area contributed by atoms with Crippen molar-refractivity contribution in [3.63, 3.8) is 0 Å². The normalized spacial score (nSPS) is 14.5. The van der Waals surface area contributed by atoms with Crippen molar-refractivity contribution in [2.45, 2.75) is 26.3 Å². The van der Waals surface area contributed by atoms with Gasteiger partial charge >= 0.3 is 0 Å². The lowest BCUT2D eigenvalue weighted by atomic mass is 10.0. The Morgan fingerprint density at radius 1 is 1.20 bits per heavy atom. The maximum atomic E-state index is 13.2. The Bertz CT molecular complexity index is 1390. The number of carbonyl (C=O) groups is 1. The van der Waals surface area contributed by atoms with Crippen LogP contribution in [0.4, 0.5) is 5.82 Å². The van der Waals surface area contributed by atoms with Gasteiger partial charge in [-0.15, -0.1) is 0 Å². The summed E-state index contributed by atoms with van der Waals surface area (Å²) in [6.45, 7) is 2.58. The summed E-state index contributed by atoms with van der Waals surface area (Å²) in [6.07, 6.45) is 4.93. The summed E-state index contributed by atoms with van der Waals surface area (Å²) in [4.78, 5) is 28.0. The summed E-state index contributed by atoms with van der Waals surface area (Å²) in [5.41, 5.74) is 1.95. The van der Waals surface area contributed by atoms with Crippen molar-refractivity contribution in [2.75, 3.05) is 11.9 Å². The molecule has 1 fully saturated rings. The molecule has 3 aromatic rings. The number of anilines is 1. The number of furan rings is 1. The highest BCUT2D eigenvalue weighted by atomic mass is 32.2. The van der Waals surface area contributed by atoms with Crippen molar-refractivity contribution in [2.24, 2.45) is 7.05 Å². The van der Waals surface area contributed by atoms with E-state index in [-0.39, 0.29) is 11.5 Å². The second kappa shape index (κ2) is 10.8. The smallest absolute Gasteiger partial charge is 0.270 e. The fourth-order valence-corrected chi connectivity index (χ4v) is 5.23. The van der Waals surface area contributed by atoms with Gasteiger partial charge in [0.15, 0.2) is 0 Å². The number of aromatic nitrogens is 1. The van der Waals surface area contributed by atoms with Gasteiger partial charge in [0.2, 0.25) is 0 Å². The first-order chi connectivity index (χ1) is 16.9. The summed E-state index contributed by atoms with van der Waals surface area (Å²) in [6, 6.07) is 15.7. The second-order valence-corrected chi connectivity index (χ2v) is 9.77. The molecule has 35 heavy (non-hydrogen) atoms. The van der Waals surface area contributed by atoms with E-state index in [4.69, 9.17) is 16.6 Å². The number of hydrogen-bond donors (Lipinski definition) is 1. The molecular formula is C26H24N4O3S2. The molecule has 0 bridgehead atoms. The van der Waals surface area contributed by atoms with Gasteiger partial charge in [0.05, 0.1) is 17.7 Å². The van der Waals surface area contributed by atoms with Gasteiger partial charge in [0, 0.05) is 19.2 Å². The van der Waals surface area contributed by atoms with Crippen molar-refractivity contribution < 1.29 is 9.21 Å². The second-order valence-electron chi connectivity index (χ2n) is 8.09. The summed E-state index contributed by atoms with van der Waals surface area (Å²) >= 11 is 6.73. The van der Waals surface area contributed by atoms with Crippen LogP contribution in [0.3, 0.4) is 0 Å². The van der Waals surface area contributed by atoms with Crippen LogP contribution in [0.25, 0.3) is 6.08 Å². The molecular weight excluding hydrogens is 480 g/mol. The average Bonchev–Trinajstić information content (AvgIpc) is 3.47. The third-order valence-electron chi connectivity index (χ3n) is 5.85. The number of nitriles is 1. The number of rotatable bonds is 8. The molecule has 7 nitrogen and oxygen atoms in total. The van der Waals surface area contributed by atoms with Crippen LogP contribution in [0.15, 0.2) is 62.8 Å². The Balaban J connectivity index is 1.61. The molecule has 1 amide bonds. The Labute approximate surface area is 213 Å². The standard InChI is InChI=1S/C26H24N4O3S2/c1-17-20(23(28-16-19-11-7-13-33-19)29(2)24(31)21(17)15-27)14-22-25(32)30(26(34)35-22)12-6-10-18-8-4-3-5-9-18/h3-5,7-9,11,13-14,28H,6,10,12,16H2,1-2H3/b22-14-. The van der Waals surface area contributed by atoms with E-state index in [1.165, 1.54) is 21.9 Å². The number of pyridine rings is 1. The van der Waals surface area contributed by atoms with Crippen LogP contribution in [-0.4, -0.2) is 26.2 Å². The summed E-state index contributed by atoms with van der Waals surface area (Å²) in [7, 11) is 1.60. The van der Waals surface area contributed by atoms with E-state index in [0.717, 1.165) is 12.8 Å². The van der Waals surface area contributed by atoms with Crippen molar-refractivity contribution in [3.05, 3.63) is 92.0 Å². The van der Waals surface area contributed by atoms with Gasteiger partial charge in [0.25, 0.3) is 11.5 Å². The molecule has 178 valence electrons. The van der Waals surface area contributed by atoms with Crippen molar-refractivity contribution in [1.29, 1.82) is 5.26 Å². The van der Waals surface area contributed by atoms with Gasteiger partial charge in [-0.05, 0) is 49.1 Å². The van der Waals surface area contributed by atoms with Crippen molar-refractivity contribution in [1.82, 2.24) is 9.47 Å². The predicted molar refractivity (Wildman–Crippen MR) is 142 cm³/mol. The predicted octanol–water partition coefficient (Wildman–Crippen LogP) is 4.60. The van der Waals surface area contributed by atoms with Crippen molar-refractivity contribution in [3.8, 4) is 6.07 Å². The molecule has 0 spiro atoms. The number of nitrogens with one attached hydrogen (secondary N) is 1. The molecule has 1 aromatic carbocycles. The number of amides is 1. The highest BCUT2D eigenvalue weighted by Crippen LogP contribution is 2.35. The van der Waals surface area contributed by atoms with Crippen LogP contribution in [0, 0.1) is 18.3 Å². The van der Waals surface area contributed by atoms with Crippen LogP contribution in [0.2, 0.25) is 0 Å². The highest BCUT2D eigenvalue weighted by molar-refractivity contribution is 8.26. The molecule has 1 aliphatic heterocycles. The summed E-state index contributed by atoms with van der Waals surface area (Å²) < 4.78 is 7.28. The Morgan fingerprint density at radius 2 is 1.97 bits per heavy atom. The Hall–Kier alpha value is -3.61. The van der Waals surface area contributed by atoms with Crippen molar-refractivity contribution >= 4 is 46.1 Å². The van der Waals surface area contributed by atoms with Gasteiger partial charge in [-0.2, -0.15) is 5.26 Å². The topological polar surface area (TPSA) is 91.3 Å². The molecule has 0 saturated carbocycles. The number of nitrogens with zero attached hydrogens (tertiary/aromatic N) is 3. The SMILES string of the molecule is Cc1c(/C=C2\SC(=S)N(CCCc3ccccc3)C2=O)c(NCc2ccco2)n(C)c(=O)c1C#N. The number of benzene rings is 1. The molecule has 3 heterocycles.